The summed E-state index contributed by atoms with van der Waals surface area (Å²) in [5.74, 6) is 0.183. The molecule has 31 heavy (non-hydrogen) atoms. The topological polar surface area (TPSA) is 81.7 Å². The van der Waals surface area contributed by atoms with Crippen molar-refractivity contribution >= 4 is 29.2 Å². The fourth-order valence-electron chi connectivity index (χ4n) is 3.55. The van der Waals surface area contributed by atoms with Crippen LogP contribution in [0.15, 0.2) is 66.7 Å². The average Bonchev–Trinajstić information content (AvgIpc) is 2.81. The maximum atomic E-state index is 13.0. The molecule has 6 heteroatoms. The Bertz CT molecular complexity index is 1240. The maximum absolute atomic E-state index is 13.0. The minimum absolute atomic E-state index is 0.207. The van der Waals surface area contributed by atoms with Crippen LogP contribution in [0.2, 0.25) is 0 Å². The zero-order chi connectivity index (χ0) is 22.0. The number of carbonyl (C=O) groups is 3. The molecule has 3 aromatic carbocycles. The SMILES string of the molecule is COc1ccc(C=CC(=O)Nc2cccc3c2C(=O)c2ccccc2C3=O)cc1OC. The highest BCUT2D eigenvalue weighted by atomic mass is 16.5. The van der Waals surface area contributed by atoms with Gasteiger partial charge in [-0.2, -0.15) is 0 Å². The van der Waals surface area contributed by atoms with Gasteiger partial charge < -0.3 is 14.8 Å². The van der Waals surface area contributed by atoms with Crippen LogP contribution in [0.1, 0.15) is 37.4 Å². The highest BCUT2D eigenvalue weighted by Gasteiger charge is 2.31. The summed E-state index contributed by atoms with van der Waals surface area (Å²) in [4.78, 5) is 38.4. The summed E-state index contributed by atoms with van der Waals surface area (Å²) in [6.07, 6.45) is 2.97. The average molecular weight is 413 g/mol. The molecule has 0 aromatic heterocycles. The van der Waals surface area contributed by atoms with Gasteiger partial charge in [-0.15, -0.1) is 0 Å². The number of hydrogen-bond acceptors (Lipinski definition) is 5. The van der Waals surface area contributed by atoms with Crippen molar-refractivity contribution in [2.24, 2.45) is 0 Å². The van der Waals surface area contributed by atoms with Crippen LogP contribution in [0.3, 0.4) is 0 Å². The molecule has 4 rings (SSSR count). The number of benzene rings is 3. The molecular formula is C25H19NO5. The number of amides is 1. The van der Waals surface area contributed by atoms with Crippen molar-refractivity contribution in [3.05, 3.63) is 94.6 Å². The molecule has 0 radical (unpaired) electrons. The first-order valence-corrected chi connectivity index (χ1v) is 9.56. The Labute approximate surface area is 179 Å². The third-order valence-corrected chi connectivity index (χ3v) is 5.05. The van der Waals surface area contributed by atoms with Crippen LogP contribution in [-0.4, -0.2) is 31.7 Å². The van der Waals surface area contributed by atoms with Gasteiger partial charge in [0.2, 0.25) is 5.91 Å². The van der Waals surface area contributed by atoms with Gasteiger partial charge in [-0.25, -0.2) is 0 Å². The Morgan fingerprint density at radius 3 is 2.19 bits per heavy atom. The molecule has 0 spiro atoms. The number of methoxy groups -OCH3 is 2. The predicted molar refractivity (Wildman–Crippen MR) is 117 cm³/mol. The van der Waals surface area contributed by atoms with Gasteiger partial charge in [0.1, 0.15) is 0 Å². The minimum atomic E-state index is -0.428. The summed E-state index contributed by atoms with van der Waals surface area (Å²) in [6.45, 7) is 0. The lowest BCUT2D eigenvalue weighted by molar-refractivity contribution is -0.111. The zero-order valence-corrected chi connectivity index (χ0v) is 17.0. The normalized spacial score (nSPS) is 12.3. The molecule has 0 saturated heterocycles. The molecule has 3 aromatic rings. The summed E-state index contributed by atoms with van der Waals surface area (Å²) in [5.41, 5.74) is 2.24. The smallest absolute Gasteiger partial charge is 0.248 e. The van der Waals surface area contributed by atoms with Gasteiger partial charge in [-0.1, -0.05) is 42.5 Å². The number of fused-ring (bicyclic) bond motifs is 2. The monoisotopic (exact) mass is 413 g/mol. The Morgan fingerprint density at radius 1 is 0.806 bits per heavy atom. The van der Waals surface area contributed by atoms with E-state index in [1.807, 2.05) is 0 Å². The summed E-state index contributed by atoms with van der Waals surface area (Å²) in [6, 6.07) is 16.8. The predicted octanol–water partition coefficient (Wildman–Crippen LogP) is 4.13. The van der Waals surface area contributed by atoms with E-state index in [9.17, 15) is 14.4 Å². The number of carbonyl (C=O) groups excluding carboxylic acids is 3. The second-order valence-electron chi connectivity index (χ2n) is 6.87. The van der Waals surface area contributed by atoms with Gasteiger partial charge in [-0.3, -0.25) is 14.4 Å². The van der Waals surface area contributed by atoms with Crippen LogP contribution in [0, 0.1) is 0 Å². The lowest BCUT2D eigenvalue weighted by Gasteiger charge is -2.20. The van der Waals surface area contributed by atoms with Crippen LogP contribution in [0.5, 0.6) is 11.5 Å². The van der Waals surface area contributed by atoms with Gasteiger partial charge in [0, 0.05) is 22.8 Å². The maximum Gasteiger partial charge on any atom is 0.248 e. The number of nitrogens with one attached hydrogen (secondary N) is 1. The van der Waals surface area contributed by atoms with E-state index in [-0.39, 0.29) is 22.7 Å². The van der Waals surface area contributed by atoms with E-state index in [0.717, 1.165) is 5.56 Å². The van der Waals surface area contributed by atoms with Gasteiger partial charge in [0.15, 0.2) is 23.1 Å². The third kappa shape index (κ3) is 3.71. The van der Waals surface area contributed by atoms with Crippen LogP contribution in [0.25, 0.3) is 6.08 Å². The molecule has 0 fully saturated rings. The van der Waals surface area contributed by atoms with E-state index in [0.29, 0.717) is 28.3 Å². The summed E-state index contributed by atoms with van der Waals surface area (Å²) in [7, 11) is 3.08. The van der Waals surface area contributed by atoms with Crippen LogP contribution < -0.4 is 14.8 Å². The standard InChI is InChI=1S/C25H19NO5/c1-30-20-12-10-15(14-21(20)31-2)11-13-22(27)26-19-9-5-8-18-23(19)25(29)17-7-4-3-6-16(17)24(18)28/h3-14H,1-2H3,(H,26,27). The Morgan fingerprint density at radius 2 is 1.48 bits per heavy atom. The fourth-order valence-corrected chi connectivity index (χ4v) is 3.55. The van der Waals surface area contributed by atoms with Gasteiger partial charge in [-0.05, 0) is 29.8 Å². The molecule has 1 N–H and O–H groups in total. The molecule has 0 unspecified atom stereocenters. The number of rotatable bonds is 5. The lowest BCUT2D eigenvalue weighted by Crippen LogP contribution is -2.23. The molecule has 0 heterocycles. The summed E-state index contributed by atoms with van der Waals surface area (Å²) in [5, 5.41) is 2.72. The molecule has 1 amide bonds. The van der Waals surface area contributed by atoms with Crippen molar-refractivity contribution in [3.8, 4) is 11.5 Å². The third-order valence-electron chi connectivity index (χ3n) is 5.05. The molecule has 1 aliphatic carbocycles. The minimum Gasteiger partial charge on any atom is -0.493 e. The summed E-state index contributed by atoms with van der Waals surface area (Å²) >= 11 is 0. The quantitative estimate of drug-likeness (QED) is 0.498. The molecular weight excluding hydrogens is 394 g/mol. The van der Waals surface area contributed by atoms with E-state index in [2.05, 4.69) is 5.32 Å². The van der Waals surface area contributed by atoms with Crippen molar-refractivity contribution in [2.45, 2.75) is 0 Å². The second kappa shape index (κ2) is 8.28. The highest BCUT2D eigenvalue weighted by molar-refractivity contribution is 6.30. The fraction of sp³-hybridized carbons (Fsp3) is 0.0800. The molecule has 154 valence electrons. The number of anilines is 1. The molecule has 0 saturated carbocycles. The van der Waals surface area contributed by atoms with Crippen molar-refractivity contribution in [1.82, 2.24) is 0 Å². The van der Waals surface area contributed by atoms with E-state index >= 15 is 0 Å². The number of ketones is 2. The van der Waals surface area contributed by atoms with Crippen LogP contribution in [-0.2, 0) is 4.79 Å². The first-order chi connectivity index (χ1) is 15.0. The largest absolute Gasteiger partial charge is 0.493 e. The van der Waals surface area contributed by atoms with E-state index < -0.39 is 5.91 Å². The Kier molecular flexibility index (Phi) is 5.37. The van der Waals surface area contributed by atoms with Gasteiger partial charge in [0.25, 0.3) is 0 Å². The highest BCUT2D eigenvalue weighted by Crippen LogP contribution is 2.32. The van der Waals surface area contributed by atoms with Crippen molar-refractivity contribution < 1.29 is 23.9 Å². The van der Waals surface area contributed by atoms with E-state index in [4.69, 9.17) is 9.47 Å². The molecule has 0 atom stereocenters. The second-order valence-corrected chi connectivity index (χ2v) is 6.87. The van der Waals surface area contributed by atoms with Crippen molar-refractivity contribution in [3.63, 3.8) is 0 Å². The van der Waals surface area contributed by atoms with Gasteiger partial charge in [0.05, 0.1) is 25.5 Å². The molecule has 1 aliphatic rings. The van der Waals surface area contributed by atoms with E-state index in [1.54, 1.807) is 73.8 Å². The first kappa shape index (κ1) is 20.1. The first-order valence-electron chi connectivity index (χ1n) is 9.56. The van der Waals surface area contributed by atoms with Crippen LogP contribution >= 0.6 is 0 Å². The van der Waals surface area contributed by atoms with Crippen molar-refractivity contribution in [2.75, 3.05) is 19.5 Å². The molecule has 6 nitrogen and oxygen atoms in total. The number of ether oxygens (including phenoxy) is 2. The zero-order valence-electron chi connectivity index (χ0n) is 17.0. The summed E-state index contributed by atoms with van der Waals surface area (Å²) < 4.78 is 10.5. The van der Waals surface area contributed by atoms with Crippen molar-refractivity contribution in [1.29, 1.82) is 0 Å². The number of hydrogen-bond donors (Lipinski definition) is 1. The van der Waals surface area contributed by atoms with Gasteiger partial charge >= 0.3 is 0 Å². The molecule has 0 aliphatic heterocycles. The van der Waals surface area contributed by atoms with E-state index in [1.165, 1.54) is 13.2 Å². The Hall–Kier alpha value is -4.19. The lowest BCUT2D eigenvalue weighted by atomic mass is 9.83. The molecule has 0 bridgehead atoms. The van der Waals surface area contributed by atoms with Crippen LogP contribution in [0.4, 0.5) is 5.69 Å². The Balaban J connectivity index is 1.60.